The summed E-state index contributed by atoms with van der Waals surface area (Å²) in [7, 11) is 0. The Balaban J connectivity index is 1.98. The molecule has 1 aromatic heterocycles. The Morgan fingerprint density at radius 2 is 1.93 bits per heavy atom. The molecule has 0 fully saturated rings. The lowest BCUT2D eigenvalue weighted by Gasteiger charge is -2.24. The van der Waals surface area contributed by atoms with E-state index < -0.39 is 17.8 Å². The smallest absolute Gasteiger partial charge is 0.290 e. The Hall–Kier alpha value is -2.70. The predicted molar refractivity (Wildman–Crippen MR) is 103 cm³/mol. The van der Waals surface area contributed by atoms with Crippen LogP contribution in [-0.2, 0) is 0 Å². The first-order valence-corrected chi connectivity index (χ1v) is 9.24. The topological polar surface area (TPSA) is 70.8 Å². The lowest BCUT2D eigenvalue weighted by Crippen LogP contribution is -2.31. The van der Waals surface area contributed by atoms with Gasteiger partial charge in [0.15, 0.2) is 5.43 Å². The number of aliphatic hydroxyl groups is 1. The second-order valence-corrected chi connectivity index (χ2v) is 7.21. The highest BCUT2D eigenvalue weighted by Crippen LogP contribution is 2.38. The Morgan fingerprint density at radius 3 is 2.61 bits per heavy atom. The van der Waals surface area contributed by atoms with E-state index in [1.165, 1.54) is 17.0 Å². The van der Waals surface area contributed by atoms with Gasteiger partial charge in [-0.2, -0.15) is 0 Å². The first kappa shape index (κ1) is 18.7. The summed E-state index contributed by atoms with van der Waals surface area (Å²) in [5, 5.41) is 9.93. The third kappa shape index (κ3) is 2.89. The highest BCUT2D eigenvalue weighted by Gasteiger charge is 2.42. The zero-order chi connectivity index (χ0) is 20.0. The Kier molecular flexibility index (Phi) is 4.69. The van der Waals surface area contributed by atoms with E-state index in [2.05, 4.69) is 0 Å². The van der Waals surface area contributed by atoms with Gasteiger partial charge in [-0.15, -0.1) is 0 Å². The molecule has 144 valence electrons. The molecule has 3 aromatic rings. The van der Waals surface area contributed by atoms with E-state index in [-0.39, 0.29) is 29.9 Å². The minimum absolute atomic E-state index is 0.0218. The Bertz CT molecular complexity index is 1140. The van der Waals surface area contributed by atoms with E-state index in [9.17, 15) is 19.1 Å². The fourth-order valence-electron chi connectivity index (χ4n) is 3.60. The van der Waals surface area contributed by atoms with Crippen molar-refractivity contribution in [2.75, 3.05) is 13.2 Å². The largest absolute Gasteiger partial charge is 0.450 e. The first-order valence-electron chi connectivity index (χ1n) is 8.86. The summed E-state index contributed by atoms with van der Waals surface area (Å²) in [6, 6.07) is 8.11. The van der Waals surface area contributed by atoms with Crippen LogP contribution in [0.5, 0.6) is 0 Å². The number of hydrogen-bond acceptors (Lipinski definition) is 4. The number of halogens is 2. The molecule has 0 radical (unpaired) electrons. The van der Waals surface area contributed by atoms with Crippen LogP contribution < -0.4 is 5.43 Å². The lowest BCUT2D eigenvalue weighted by molar-refractivity contribution is 0.0716. The third-order valence-electron chi connectivity index (χ3n) is 4.99. The number of amides is 1. The molecule has 2 heterocycles. The molecule has 1 N–H and O–H groups in total. The van der Waals surface area contributed by atoms with Crippen LogP contribution in [0.4, 0.5) is 4.39 Å². The molecule has 28 heavy (non-hydrogen) atoms. The molecule has 1 aliphatic rings. The number of aliphatic hydroxyl groups excluding tert-OH is 1. The van der Waals surface area contributed by atoms with E-state index >= 15 is 0 Å². The van der Waals surface area contributed by atoms with Crippen molar-refractivity contribution in [3.63, 3.8) is 0 Å². The van der Waals surface area contributed by atoms with E-state index in [0.29, 0.717) is 28.0 Å². The van der Waals surface area contributed by atoms with Crippen LogP contribution in [0, 0.1) is 12.7 Å². The summed E-state index contributed by atoms with van der Waals surface area (Å²) in [5.41, 5.74) is 1.49. The van der Waals surface area contributed by atoms with Crippen molar-refractivity contribution in [3.8, 4) is 0 Å². The molecule has 2 aromatic carbocycles. The first-order chi connectivity index (χ1) is 13.4. The quantitative estimate of drug-likeness (QED) is 0.721. The van der Waals surface area contributed by atoms with Crippen LogP contribution in [0.1, 0.15) is 39.7 Å². The van der Waals surface area contributed by atoms with Crippen molar-refractivity contribution in [2.45, 2.75) is 19.4 Å². The standard InChI is InChI=1S/C21H17ClFNO4/c1-11-9-16-14(10-15(11)22)19(26)17-18(12-3-5-13(23)6-4-12)24(7-2-8-25)21(27)20(17)28-16/h3-6,9-10,18,25H,2,7-8H2,1H3. The number of carbonyl (C=O) groups excluding carboxylic acids is 1. The van der Waals surface area contributed by atoms with Gasteiger partial charge in [-0.3, -0.25) is 9.59 Å². The van der Waals surface area contributed by atoms with E-state index in [0.717, 1.165) is 5.56 Å². The van der Waals surface area contributed by atoms with Crippen molar-refractivity contribution in [1.29, 1.82) is 0 Å². The zero-order valence-electron chi connectivity index (χ0n) is 15.0. The number of fused-ring (bicyclic) bond motifs is 2. The van der Waals surface area contributed by atoms with Gasteiger partial charge in [0.05, 0.1) is 17.0 Å². The highest BCUT2D eigenvalue weighted by atomic mass is 35.5. The van der Waals surface area contributed by atoms with Crippen LogP contribution >= 0.6 is 11.6 Å². The molecule has 0 bridgehead atoms. The van der Waals surface area contributed by atoms with Crippen molar-refractivity contribution in [1.82, 2.24) is 4.90 Å². The summed E-state index contributed by atoms with van der Waals surface area (Å²) in [6.07, 6.45) is 0.343. The molecular formula is C21H17ClFNO4. The minimum atomic E-state index is -0.713. The van der Waals surface area contributed by atoms with Gasteiger partial charge in [0.25, 0.3) is 5.91 Å². The number of carbonyl (C=O) groups is 1. The highest BCUT2D eigenvalue weighted by molar-refractivity contribution is 6.32. The van der Waals surface area contributed by atoms with Crippen LogP contribution in [-0.4, -0.2) is 29.1 Å². The van der Waals surface area contributed by atoms with Gasteiger partial charge in [-0.05, 0) is 48.7 Å². The van der Waals surface area contributed by atoms with Gasteiger partial charge in [0.1, 0.15) is 11.4 Å². The molecule has 0 spiro atoms. The number of nitrogens with zero attached hydrogens (tertiary/aromatic N) is 1. The van der Waals surface area contributed by atoms with Gasteiger partial charge in [0.2, 0.25) is 5.76 Å². The second-order valence-electron chi connectivity index (χ2n) is 6.80. The van der Waals surface area contributed by atoms with E-state index in [1.54, 1.807) is 31.2 Å². The molecule has 0 saturated heterocycles. The molecule has 4 rings (SSSR count). The fourth-order valence-corrected chi connectivity index (χ4v) is 3.77. The molecular weight excluding hydrogens is 385 g/mol. The van der Waals surface area contributed by atoms with Crippen LogP contribution in [0.3, 0.4) is 0 Å². The summed E-state index contributed by atoms with van der Waals surface area (Å²) < 4.78 is 19.2. The molecule has 1 aliphatic heterocycles. The molecule has 1 atom stereocenters. The average Bonchev–Trinajstić information content (AvgIpc) is 2.95. The molecule has 7 heteroatoms. The van der Waals surface area contributed by atoms with Crippen molar-refractivity contribution >= 4 is 28.5 Å². The minimum Gasteiger partial charge on any atom is -0.450 e. The summed E-state index contributed by atoms with van der Waals surface area (Å²) >= 11 is 6.18. The second kappa shape index (κ2) is 7.04. The monoisotopic (exact) mass is 401 g/mol. The number of hydrogen-bond donors (Lipinski definition) is 1. The van der Waals surface area contributed by atoms with Crippen LogP contribution in [0.15, 0.2) is 45.6 Å². The van der Waals surface area contributed by atoms with E-state index in [1.807, 2.05) is 0 Å². The average molecular weight is 402 g/mol. The summed E-state index contributed by atoms with van der Waals surface area (Å²) in [4.78, 5) is 27.8. The molecule has 1 amide bonds. The molecule has 0 saturated carbocycles. The molecule has 1 unspecified atom stereocenters. The number of aryl methyl sites for hydroxylation is 1. The lowest BCUT2D eigenvalue weighted by atomic mass is 9.98. The maximum atomic E-state index is 13.4. The van der Waals surface area contributed by atoms with Gasteiger partial charge in [-0.25, -0.2) is 4.39 Å². The van der Waals surface area contributed by atoms with Gasteiger partial charge in [-0.1, -0.05) is 23.7 Å². The number of rotatable bonds is 4. The van der Waals surface area contributed by atoms with Crippen LogP contribution in [0.25, 0.3) is 11.0 Å². The van der Waals surface area contributed by atoms with Crippen LogP contribution in [0.2, 0.25) is 5.02 Å². The molecule has 5 nitrogen and oxygen atoms in total. The Morgan fingerprint density at radius 1 is 1.21 bits per heavy atom. The molecule has 0 aliphatic carbocycles. The summed E-state index contributed by atoms with van der Waals surface area (Å²) in [5.74, 6) is -0.862. The Labute approximate surface area is 165 Å². The predicted octanol–water partition coefficient (Wildman–Crippen LogP) is 3.82. The van der Waals surface area contributed by atoms with Crippen molar-refractivity contribution in [2.24, 2.45) is 0 Å². The van der Waals surface area contributed by atoms with Crippen molar-refractivity contribution < 1.29 is 18.7 Å². The maximum absolute atomic E-state index is 13.4. The SMILES string of the molecule is Cc1cc2oc3c(c(=O)c2cc1Cl)C(c1ccc(F)cc1)N(CCCO)C3=O. The number of benzene rings is 2. The normalized spacial score (nSPS) is 16.1. The zero-order valence-corrected chi connectivity index (χ0v) is 15.8. The van der Waals surface area contributed by atoms with Gasteiger partial charge in [0, 0.05) is 18.2 Å². The van der Waals surface area contributed by atoms with E-state index in [4.69, 9.17) is 16.0 Å². The van der Waals surface area contributed by atoms with Gasteiger partial charge >= 0.3 is 0 Å². The van der Waals surface area contributed by atoms with Crippen molar-refractivity contribution in [3.05, 3.63) is 79.9 Å². The maximum Gasteiger partial charge on any atom is 0.290 e. The summed E-state index contributed by atoms with van der Waals surface area (Å²) in [6.45, 7) is 1.91. The van der Waals surface area contributed by atoms with Gasteiger partial charge < -0.3 is 14.4 Å². The third-order valence-corrected chi connectivity index (χ3v) is 5.40. The fraction of sp³-hybridized carbons (Fsp3) is 0.238.